The summed E-state index contributed by atoms with van der Waals surface area (Å²) in [6, 6.07) is 12.0. The predicted octanol–water partition coefficient (Wildman–Crippen LogP) is 0.839. The third-order valence-corrected chi connectivity index (χ3v) is 7.00. The third kappa shape index (κ3) is 3.52. The zero-order chi connectivity index (χ0) is 23.3. The van der Waals surface area contributed by atoms with Crippen molar-refractivity contribution < 1.29 is 35.1 Å². The number of hydrogen-bond acceptors (Lipinski definition) is 7. The summed E-state index contributed by atoms with van der Waals surface area (Å²) in [5.74, 6) is -3.82. The first-order chi connectivity index (χ1) is 15.2. The molecule has 0 spiro atoms. The van der Waals surface area contributed by atoms with E-state index >= 15 is 0 Å². The lowest BCUT2D eigenvalue weighted by Gasteiger charge is -2.54. The number of ether oxygens (including phenoxy) is 1. The number of carbonyl (C=O) groups is 1. The first-order valence-electron chi connectivity index (χ1n) is 10.3. The SMILES string of the molecule is CNC(=O)c1cccc(-c2ccc([C@@H](O)[C@H]3OC4(O)C(CO)CC(O)(CO)C34)c(Cl)c2)c1. The lowest BCUT2D eigenvalue weighted by atomic mass is 9.75. The molecule has 1 amide bonds. The fraction of sp³-hybridized carbons (Fsp3) is 0.435. The second-order valence-electron chi connectivity index (χ2n) is 8.50. The maximum absolute atomic E-state index is 11.9. The van der Waals surface area contributed by atoms with Crippen molar-refractivity contribution in [1.29, 1.82) is 0 Å². The Morgan fingerprint density at radius 1 is 1.22 bits per heavy atom. The molecule has 2 aromatic rings. The van der Waals surface area contributed by atoms with Crippen molar-refractivity contribution in [1.82, 2.24) is 5.32 Å². The van der Waals surface area contributed by atoms with E-state index in [9.17, 15) is 30.3 Å². The van der Waals surface area contributed by atoms with Gasteiger partial charge in [-0.2, -0.15) is 0 Å². The Kier molecular flexibility index (Phi) is 6.06. The van der Waals surface area contributed by atoms with Crippen LogP contribution in [0.2, 0.25) is 5.02 Å². The molecule has 1 saturated carbocycles. The van der Waals surface area contributed by atoms with Crippen LogP contribution < -0.4 is 5.32 Å². The summed E-state index contributed by atoms with van der Waals surface area (Å²) in [6.45, 7) is -1.07. The molecule has 8 nitrogen and oxygen atoms in total. The van der Waals surface area contributed by atoms with Crippen molar-refractivity contribution in [2.45, 2.75) is 30.0 Å². The monoisotopic (exact) mass is 463 g/mol. The van der Waals surface area contributed by atoms with Gasteiger partial charge in [-0.3, -0.25) is 4.79 Å². The highest BCUT2D eigenvalue weighted by Gasteiger charge is 2.73. The number of carbonyl (C=O) groups excluding carboxylic acids is 1. The number of rotatable bonds is 6. The van der Waals surface area contributed by atoms with Gasteiger partial charge in [-0.15, -0.1) is 0 Å². The van der Waals surface area contributed by atoms with Crippen molar-refractivity contribution in [3.63, 3.8) is 0 Å². The van der Waals surface area contributed by atoms with Crippen molar-refractivity contribution in [3.05, 3.63) is 58.6 Å². The minimum atomic E-state index is -1.83. The zero-order valence-corrected chi connectivity index (χ0v) is 18.2. The lowest BCUT2D eigenvalue weighted by Crippen LogP contribution is -2.67. The summed E-state index contributed by atoms with van der Waals surface area (Å²) in [5.41, 5.74) is 0.627. The smallest absolute Gasteiger partial charge is 0.251 e. The van der Waals surface area contributed by atoms with E-state index in [1.54, 1.807) is 43.4 Å². The van der Waals surface area contributed by atoms with E-state index in [1.165, 1.54) is 0 Å². The van der Waals surface area contributed by atoms with E-state index in [4.69, 9.17) is 16.3 Å². The molecule has 2 fully saturated rings. The molecule has 4 rings (SSSR count). The molecule has 2 aromatic carbocycles. The van der Waals surface area contributed by atoms with Gasteiger partial charge in [-0.05, 0) is 35.7 Å². The summed E-state index contributed by atoms with van der Waals surface area (Å²) in [6.07, 6.45) is -2.36. The Balaban J connectivity index is 1.60. The highest BCUT2D eigenvalue weighted by atomic mass is 35.5. The standard InChI is InChI=1S/C23H26ClNO7/c1-25-21(29)14-4-2-3-12(7-14)13-5-6-16(17(24)8-13)18(28)19-20-22(30,11-27)9-15(10-26)23(20,31)32-19/h2-8,15,18-20,26-28,30-31H,9-11H2,1H3,(H,25,29)/t15?,18-,19-,20?,22?,23?/m1/s1. The minimum Gasteiger partial charge on any atom is -0.396 e. The molecular formula is C23H26ClNO7. The number of benzene rings is 2. The maximum Gasteiger partial charge on any atom is 0.251 e. The van der Waals surface area contributed by atoms with Gasteiger partial charge in [0.15, 0.2) is 5.79 Å². The number of nitrogens with one attached hydrogen (secondary N) is 1. The molecule has 1 aliphatic carbocycles. The van der Waals surface area contributed by atoms with Crippen LogP contribution in [0.15, 0.2) is 42.5 Å². The molecule has 0 bridgehead atoms. The first-order valence-corrected chi connectivity index (χ1v) is 10.7. The number of aliphatic hydroxyl groups is 5. The largest absolute Gasteiger partial charge is 0.396 e. The summed E-state index contributed by atoms with van der Waals surface area (Å²) >= 11 is 6.46. The molecular weight excluding hydrogens is 438 g/mol. The average Bonchev–Trinajstić information content (AvgIpc) is 2.96. The van der Waals surface area contributed by atoms with Gasteiger partial charge in [0, 0.05) is 29.1 Å². The van der Waals surface area contributed by atoms with Gasteiger partial charge in [-0.1, -0.05) is 35.9 Å². The molecule has 9 heteroatoms. The molecule has 1 saturated heterocycles. The van der Waals surface area contributed by atoms with Gasteiger partial charge >= 0.3 is 0 Å². The average molecular weight is 464 g/mol. The maximum atomic E-state index is 11.9. The van der Waals surface area contributed by atoms with Crippen LogP contribution in [0, 0.1) is 11.8 Å². The Bertz CT molecular complexity index is 1030. The number of hydrogen-bond donors (Lipinski definition) is 6. The molecule has 0 aromatic heterocycles. The van der Waals surface area contributed by atoms with Gasteiger partial charge in [0.2, 0.25) is 0 Å². The van der Waals surface area contributed by atoms with E-state index in [0.29, 0.717) is 11.1 Å². The number of amides is 1. The summed E-state index contributed by atoms with van der Waals surface area (Å²) in [7, 11) is 1.55. The number of halogens is 1. The quantitative estimate of drug-likeness (QED) is 0.373. The van der Waals surface area contributed by atoms with Gasteiger partial charge in [0.25, 0.3) is 5.91 Å². The molecule has 2 aliphatic rings. The Labute approximate surface area is 190 Å². The summed E-state index contributed by atoms with van der Waals surface area (Å²) < 4.78 is 5.56. The van der Waals surface area contributed by atoms with Crippen LogP contribution in [-0.4, -0.2) is 69.2 Å². The molecule has 6 atom stereocenters. The molecule has 4 unspecified atom stereocenters. The highest BCUT2D eigenvalue weighted by molar-refractivity contribution is 6.31. The van der Waals surface area contributed by atoms with E-state index in [-0.39, 0.29) is 17.4 Å². The molecule has 1 heterocycles. The van der Waals surface area contributed by atoms with Gasteiger partial charge < -0.3 is 35.6 Å². The molecule has 172 valence electrons. The van der Waals surface area contributed by atoms with E-state index in [1.807, 2.05) is 6.07 Å². The van der Waals surface area contributed by atoms with Crippen LogP contribution in [0.3, 0.4) is 0 Å². The van der Waals surface area contributed by atoms with Crippen molar-refractivity contribution >= 4 is 17.5 Å². The van der Waals surface area contributed by atoms with E-state index in [2.05, 4.69) is 5.32 Å². The van der Waals surface area contributed by atoms with Crippen LogP contribution in [-0.2, 0) is 4.74 Å². The zero-order valence-electron chi connectivity index (χ0n) is 17.4. The van der Waals surface area contributed by atoms with Crippen LogP contribution in [0.4, 0.5) is 0 Å². The van der Waals surface area contributed by atoms with Gasteiger partial charge in [-0.25, -0.2) is 0 Å². The fourth-order valence-corrected chi connectivity index (χ4v) is 5.27. The topological polar surface area (TPSA) is 139 Å². The van der Waals surface area contributed by atoms with Crippen LogP contribution >= 0.6 is 11.6 Å². The van der Waals surface area contributed by atoms with Crippen molar-refractivity contribution in [2.24, 2.45) is 11.8 Å². The van der Waals surface area contributed by atoms with E-state index in [0.717, 1.165) is 11.1 Å². The Morgan fingerprint density at radius 3 is 2.56 bits per heavy atom. The van der Waals surface area contributed by atoms with Gasteiger partial charge in [0.05, 0.1) is 24.7 Å². The number of fused-ring (bicyclic) bond motifs is 1. The fourth-order valence-electron chi connectivity index (χ4n) is 4.98. The third-order valence-electron chi connectivity index (χ3n) is 6.67. The first kappa shape index (κ1) is 23.1. The minimum absolute atomic E-state index is 0.0568. The molecule has 32 heavy (non-hydrogen) atoms. The molecule has 6 N–H and O–H groups in total. The van der Waals surface area contributed by atoms with Crippen LogP contribution in [0.1, 0.15) is 28.4 Å². The Morgan fingerprint density at radius 2 is 1.94 bits per heavy atom. The highest BCUT2D eigenvalue weighted by Crippen LogP contribution is 2.59. The summed E-state index contributed by atoms with van der Waals surface area (Å²) in [5, 5.41) is 54.6. The second-order valence-corrected chi connectivity index (χ2v) is 8.91. The molecule has 1 aliphatic heterocycles. The Hall–Kier alpha value is -2.04. The summed E-state index contributed by atoms with van der Waals surface area (Å²) in [4.78, 5) is 11.9. The van der Waals surface area contributed by atoms with Gasteiger partial charge in [0.1, 0.15) is 12.2 Å². The second kappa shape index (κ2) is 8.39. The van der Waals surface area contributed by atoms with Crippen molar-refractivity contribution in [3.8, 4) is 11.1 Å². The molecule has 0 radical (unpaired) electrons. The lowest BCUT2D eigenvalue weighted by molar-refractivity contribution is -0.405. The van der Waals surface area contributed by atoms with Crippen LogP contribution in [0.5, 0.6) is 0 Å². The number of aliphatic hydroxyl groups excluding tert-OH is 3. The normalized spacial score (nSPS) is 32.2. The van der Waals surface area contributed by atoms with Crippen LogP contribution in [0.25, 0.3) is 11.1 Å². The van der Waals surface area contributed by atoms with E-state index < -0.39 is 48.6 Å². The van der Waals surface area contributed by atoms with Crippen molar-refractivity contribution in [2.75, 3.05) is 20.3 Å². The predicted molar refractivity (Wildman–Crippen MR) is 116 cm³/mol.